The molecule has 0 aromatic heterocycles. The molecule has 26 heavy (non-hydrogen) atoms. The van der Waals surface area contributed by atoms with Crippen LogP contribution in [0.4, 0.5) is 11.4 Å². The number of hydrogen-bond acceptors (Lipinski definition) is 5. The van der Waals surface area contributed by atoms with Crippen LogP contribution in [0.25, 0.3) is 0 Å². The summed E-state index contributed by atoms with van der Waals surface area (Å²) in [6.45, 7) is 1.34. The molecule has 0 radical (unpaired) electrons. The van der Waals surface area contributed by atoms with E-state index < -0.39 is 10.0 Å². The number of hydrogen-bond donors (Lipinski definition) is 3. The van der Waals surface area contributed by atoms with Gasteiger partial charge in [-0.15, -0.1) is 0 Å². The molecule has 0 saturated heterocycles. The molecule has 0 saturated carbocycles. The molecule has 0 fully saturated rings. The minimum absolute atomic E-state index is 0.0289. The second-order valence-electron chi connectivity index (χ2n) is 5.31. The first-order valence-electron chi connectivity index (χ1n) is 7.57. The molecular weight excluding hydrogens is 358 g/mol. The number of carbonyl (C=O) groups excluding carboxylic acids is 2. The van der Waals surface area contributed by atoms with Crippen LogP contribution >= 0.6 is 0 Å². The van der Waals surface area contributed by atoms with E-state index >= 15 is 0 Å². The number of sulfonamides is 1. The van der Waals surface area contributed by atoms with Gasteiger partial charge in [0.15, 0.2) is 0 Å². The van der Waals surface area contributed by atoms with Crippen molar-refractivity contribution < 1.29 is 22.7 Å². The van der Waals surface area contributed by atoms with Crippen LogP contribution in [-0.4, -0.2) is 34.4 Å². The van der Waals surface area contributed by atoms with E-state index in [4.69, 9.17) is 4.74 Å². The second-order valence-corrected chi connectivity index (χ2v) is 6.99. The van der Waals surface area contributed by atoms with E-state index in [1.54, 1.807) is 0 Å². The van der Waals surface area contributed by atoms with Crippen LogP contribution in [0.1, 0.15) is 17.3 Å². The minimum Gasteiger partial charge on any atom is -0.495 e. The van der Waals surface area contributed by atoms with Crippen molar-refractivity contribution >= 4 is 33.2 Å². The Bertz CT molecular complexity index is 924. The maximum Gasteiger partial charge on any atom is 0.262 e. The average molecular weight is 377 g/mol. The average Bonchev–Trinajstić information content (AvgIpc) is 2.61. The minimum atomic E-state index is -3.87. The van der Waals surface area contributed by atoms with E-state index in [0.29, 0.717) is 16.9 Å². The Hall–Kier alpha value is -3.07. The van der Waals surface area contributed by atoms with E-state index in [1.165, 1.54) is 63.5 Å². The third-order valence-corrected chi connectivity index (χ3v) is 4.80. The normalized spacial score (nSPS) is 10.7. The highest BCUT2D eigenvalue weighted by Crippen LogP contribution is 2.28. The summed E-state index contributed by atoms with van der Waals surface area (Å²) < 4.78 is 32.7. The summed E-state index contributed by atoms with van der Waals surface area (Å²) in [5.74, 6) is -0.344. The Labute approximate surface area is 151 Å². The van der Waals surface area contributed by atoms with Crippen LogP contribution in [0, 0.1) is 0 Å². The summed E-state index contributed by atoms with van der Waals surface area (Å²) in [7, 11) is -0.985. The summed E-state index contributed by atoms with van der Waals surface area (Å²) in [4.78, 5) is 22.7. The van der Waals surface area contributed by atoms with Crippen LogP contribution in [-0.2, 0) is 14.8 Å². The van der Waals surface area contributed by atoms with Crippen molar-refractivity contribution in [3.63, 3.8) is 0 Å². The topological polar surface area (TPSA) is 114 Å². The number of methoxy groups -OCH3 is 1. The summed E-state index contributed by atoms with van der Waals surface area (Å²) in [6.07, 6.45) is 0. The molecular formula is C17H19N3O5S. The number of nitrogens with one attached hydrogen (secondary N) is 3. The maximum atomic E-state index is 12.5. The van der Waals surface area contributed by atoms with Gasteiger partial charge < -0.3 is 15.4 Å². The number of rotatable bonds is 6. The quantitative estimate of drug-likeness (QED) is 0.710. The SMILES string of the molecule is CNC(=O)c1ccc(NS(=O)(=O)c2ccc(NC(C)=O)c(OC)c2)cc1. The molecule has 2 rings (SSSR count). The molecule has 0 atom stereocenters. The molecule has 0 heterocycles. The zero-order valence-electron chi connectivity index (χ0n) is 14.5. The first-order chi connectivity index (χ1) is 12.3. The molecule has 8 nitrogen and oxygen atoms in total. The van der Waals surface area contributed by atoms with Gasteiger partial charge in [0.1, 0.15) is 5.75 Å². The third kappa shape index (κ3) is 4.51. The van der Waals surface area contributed by atoms with Gasteiger partial charge in [-0.1, -0.05) is 0 Å². The molecule has 2 amide bonds. The van der Waals surface area contributed by atoms with Crippen LogP contribution in [0.15, 0.2) is 47.4 Å². The number of carbonyl (C=O) groups is 2. The summed E-state index contributed by atoms with van der Waals surface area (Å²) in [6, 6.07) is 10.1. The lowest BCUT2D eigenvalue weighted by molar-refractivity contribution is -0.114. The largest absolute Gasteiger partial charge is 0.495 e. The van der Waals surface area contributed by atoms with Gasteiger partial charge in [0, 0.05) is 31.3 Å². The van der Waals surface area contributed by atoms with Crippen LogP contribution in [0.5, 0.6) is 5.75 Å². The molecule has 0 bridgehead atoms. The number of amides is 2. The fourth-order valence-electron chi connectivity index (χ4n) is 2.18. The summed E-state index contributed by atoms with van der Waals surface area (Å²) in [5, 5.41) is 5.04. The number of benzene rings is 2. The molecule has 2 aromatic rings. The van der Waals surface area contributed by atoms with Crippen molar-refractivity contribution in [1.82, 2.24) is 5.32 Å². The highest BCUT2D eigenvalue weighted by atomic mass is 32.2. The van der Waals surface area contributed by atoms with Gasteiger partial charge in [0.25, 0.3) is 15.9 Å². The molecule has 9 heteroatoms. The second kappa shape index (κ2) is 7.87. The summed E-state index contributed by atoms with van der Waals surface area (Å²) in [5.41, 5.74) is 1.09. The van der Waals surface area contributed by atoms with E-state index in [9.17, 15) is 18.0 Å². The summed E-state index contributed by atoms with van der Waals surface area (Å²) >= 11 is 0. The van der Waals surface area contributed by atoms with Crippen LogP contribution in [0.3, 0.4) is 0 Å². The number of anilines is 2. The Kier molecular flexibility index (Phi) is 5.83. The lowest BCUT2D eigenvalue weighted by atomic mass is 10.2. The van der Waals surface area contributed by atoms with E-state index in [1.807, 2.05) is 0 Å². The van der Waals surface area contributed by atoms with Crippen molar-refractivity contribution in [3.8, 4) is 5.75 Å². The highest BCUT2D eigenvalue weighted by Gasteiger charge is 2.17. The first kappa shape index (κ1) is 19.3. The van der Waals surface area contributed by atoms with Crippen molar-refractivity contribution in [2.45, 2.75) is 11.8 Å². The Morgan fingerprint density at radius 1 is 1.04 bits per heavy atom. The van der Waals surface area contributed by atoms with Crippen molar-refractivity contribution in [3.05, 3.63) is 48.0 Å². The monoisotopic (exact) mass is 377 g/mol. The fourth-order valence-corrected chi connectivity index (χ4v) is 3.25. The Balaban J connectivity index is 2.27. The smallest absolute Gasteiger partial charge is 0.262 e. The van der Waals surface area contributed by atoms with Crippen molar-refractivity contribution in [1.29, 1.82) is 0 Å². The molecule has 138 valence electrons. The molecule has 0 aliphatic rings. The Morgan fingerprint density at radius 3 is 2.23 bits per heavy atom. The van der Waals surface area contributed by atoms with E-state index in [2.05, 4.69) is 15.4 Å². The van der Waals surface area contributed by atoms with Gasteiger partial charge in [0.2, 0.25) is 5.91 Å². The standard InChI is InChI=1S/C17H19N3O5S/c1-11(21)19-15-9-8-14(10-16(15)25-3)26(23,24)20-13-6-4-12(5-7-13)17(22)18-2/h4-10,20H,1-3H3,(H,18,22)(H,19,21). The van der Waals surface area contributed by atoms with Crippen molar-refractivity contribution in [2.75, 3.05) is 24.2 Å². The van der Waals surface area contributed by atoms with Gasteiger partial charge in [-0.3, -0.25) is 14.3 Å². The fraction of sp³-hybridized carbons (Fsp3) is 0.176. The zero-order chi connectivity index (χ0) is 19.3. The third-order valence-electron chi connectivity index (χ3n) is 3.42. The molecule has 3 N–H and O–H groups in total. The van der Waals surface area contributed by atoms with E-state index in [0.717, 1.165) is 0 Å². The predicted octanol–water partition coefficient (Wildman–Crippen LogP) is 1.81. The zero-order valence-corrected chi connectivity index (χ0v) is 15.3. The Morgan fingerprint density at radius 2 is 1.69 bits per heavy atom. The van der Waals surface area contributed by atoms with Crippen LogP contribution in [0.2, 0.25) is 0 Å². The molecule has 0 spiro atoms. The van der Waals surface area contributed by atoms with Gasteiger partial charge in [-0.05, 0) is 36.4 Å². The molecule has 0 aliphatic carbocycles. The molecule has 0 unspecified atom stereocenters. The van der Waals surface area contributed by atoms with Gasteiger partial charge >= 0.3 is 0 Å². The predicted molar refractivity (Wildman–Crippen MR) is 97.9 cm³/mol. The van der Waals surface area contributed by atoms with E-state index in [-0.39, 0.29) is 22.5 Å². The maximum absolute atomic E-state index is 12.5. The lowest BCUT2D eigenvalue weighted by Crippen LogP contribution is -2.18. The highest BCUT2D eigenvalue weighted by molar-refractivity contribution is 7.92. The lowest BCUT2D eigenvalue weighted by Gasteiger charge is -2.13. The van der Waals surface area contributed by atoms with Crippen LogP contribution < -0.4 is 20.1 Å². The van der Waals surface area contributed by atoms with Crippen molar-refractivity contribution in [2.24, 2.45) is 0 Å². The molecule has 2 aromatic carbocycles. The van der Waals surface area contributed by atoms with Gasteiger partial charge in [-0.2, -0.15) is 0 Å². The van der Waals surface area contributed by atoms with Gasteiger partial charge in [-0.25, -0.2) is 8.42 Å². The first-order valence-corrected chi connectivity index (χ1v) is 9.05. The van der Waals surface area contributed by atoms with Gasteiger partial charge in [0.05, 0.1) is 17.7 Å². The number of ether oxygens (including phenoxy) is 1. The molecule has 0 aliphatic heterocycles.